The lowest BCUT2D eigenvalue weighted by atomic mass is 9.91. The average Bonchev–Trinajstić information content (AvgIpc) is 2.67. The molecular weight excluding hydrogens is 312 g/mol. The molecule has 0 bridgehead atoms. The van der Waals surface area contributed by atoms with Crippen LogP contribution in [0.4, 0.5) is 0 Å². The minimum atomic E-state index is -0.392. The molecule has 0 saturated heterocycles. The number of carbonyl (C=O) groups is 1. The molecule has 0 atom stereocenters. The number of Topliss-reactive ketones (excluding diaryl/α,β-unsaturated/α-hetero) is 1. The second kappa shape index (κ2) is 8.47. The predicted molar refractivity (Wildman–Crippen MR) is 95.5 cm³/mol. The summed E-state index contributed by atoms with van der Waals surface area (Å²) in [6.45, 7) is 4.04. The van der Waals surface area contributed by atoms with Crippen molar-refractivity contribution in [1.82, 2.24) is 0 Å². The maximum atomic E-state index is 13.0. The number of hydrogen-bond acceptors (Lipinski definition) is 4. The maximum Gasteiger partial charge on any atom is 0.207 e. The third kappa shape index (κ3) is 3.76. The lowest BCUT2D eigenvalue weighted by Gasteiger charge is -2.12. The average molecular weight is 330 g/mol. The number of ether oxygens (including phenoxy) is 1. The number of ketones is 1. The van der Waals surface area contributed by atoms with Crippen LogP contribution in [-0.4, -0.2) is 12.4 Å². The van der Waals surface area contributed by atoms with Crippen LogP contribution in [-0.2, 0) is 4.74 Å². The summed E-state index contributed by atoms with van der Waals surface area (Å²) in [5.41, 5.74) is 2.16. The number of carbonyl (C=O) groups excluding carboxylic acids is 1. The summed E-state index contributed by atoms with van der Waals surface area (Å²) in [5.74, 6) is -0.00508. The van der Waals surface area contributed by atoms with E-state index in [4.69, 9.17) is 4.74 Å². The van der Waals surface area contributed by atoms with E-state index >= 15 is 0 Å². The van der Waals surface area contributed by atoms with Crippen LogP contribution in [0.25, 0.3) is 11.1 Å². The second-order valence-electron chi connectivity index (χ2n) is 5.23. The first-order valence-corrected chi connectivity index (χ1v) is 8.07. The van der Waals surface area contributed by atoms with Crippen molar-refractivity contribution in [2.75, 3.05) is 6.61 Å². The Hall–Kier alpha value is -3.37. The van der Waals surface area contributed by atoms with Gasteiger partial charge in [-0.1, -0.05) is 49.4 Å². The van der Waals surface area contributed by atoms with E-state index in [0.29, 0.717) is 41.0 Å². The monoisotopic (exact) mass is 330 g/mol. The molecule has 0 spiro atoms. The number of nitrogens with zero attached hydrogens (tertiary/aromatic N) is 2. The lowest BCUT2D eigenvalue weighted by molar-refractivity contribution is 0.102. The van der Waals surface area contributed by atoms with E-state index in [1.807, 2.05) is 26.0 Å². The third-order valence-corrected chi connectivity index (χ3v) is 3.77. The normalized spacial score (nSPS) is 11.0. The molecule has 124 valence electrons. The SMILES string of the molecule is CCO/C(CC)=C(/C#N)C(=O)c1ccccc1-c1ccccc1C#N. The summed E-state index contributed by atoms with van der Waals surface area (Å²) in [6.07, 6.45) is 0.458. The Morgan fingerprint density at radius 2 is 1.64 bits per heavy atom. The molecule has 0 aliphatic rings. The van der Waals surface area contributed by atoms with Crippen molar-refractivity contribution in [3.8, 4) is 23.3 Å². The quantitative estimate of drug-likeness (QED) is 0.335. The number of nitriles is 2. The fraction of sp³-hybridized carbons (Fsp3) is 0.190. The van der Waals surface area contributed by atoms with Crippen LogP contribution in [0.3, 0.4) is 0 Å². The van der Waals surface area contributed by atoms with Crippen molar-refractivity contribution in [2.45, 2.75) is 20.3 Å². The van der Waals surface area contributed by atoms with Gasteiger partial charge in [-0.3, -0.25) is 4.79 Å². The minimum absolute atomic E-state index is 0.00578. The highest BCUT2D eigenvalue weighted by Gasteiger charge is 2.21. The molecule has 4 heteroatoms. The zero-order chi connectivity index (χ0) is 18.2. The Kier molecular flexibility index (Phi) is 6.09. The largest absolute Gasteiger partial charge is 0.497 e. The summed E-state index contributed by atoms with van der Waals surface area (Å²) in [4.78, 5) is 13.0. The fourth-order valence-electron chi connectivity index (χ4n) is 2.63. The Morgan fingerprint density at radius 1 is 1.00 bits per heavy atom. The van der Waals surface area contributed by atoms with Crippen molar-refractivity contribution >= 4 is 5.78 Å². The Morgan fingerprint density at radius 3 is 2.24 bits per heavy atom. The first-order chi connectivity index (χ1) is 12.2. The van der Waals surface area contributed by atoms with E-state index in [2.05, 4.69) is 6.07 Å². The van der Waals surface area contributed by atoms with Crippen LogP contribution in [0.5, 0.6) is 0 Å². The zero-order valence-electron chi connectivity index (χ0n) is 14.2. The molecule has 0 unspecified atom stereocenters. The van der Waals surface area contributed by atoms with Gasteiger partial charge in [-0.05, 0) is 18.6 Å². The molecule has 4 nitrogen and oxygen atoms in total. The van der Waals surface area contributed by atoms with Crippen molar-refractivity contribution < 1.29 is 9.53 Å². The minimum Gasteiger partial charge on any atom is -0.497 e. The molecule has 0 aliphatic carbocycles. The standard InChI is InChI=1S/C21H18N2O2/c1-3-20(25-4-2)19(14-23)21(24)18-12-8-7-11-17(18)16-10-6-5-9-15(16)13-22/h5-12H,3-4H2,1-2H3/b20-19-. The zero-order valence-corrected chi connectivity index (χ0v) is 14.2. The summed E-state index contributed by atoms with van der Waals surface area (Å²) in [5, 5.41) is 18.8. The van der Waals surface area contributed by atoms with Gasteiger partial charge in [0.1, 0.15) is 17.4 Å². The van der Waals surface area contributed by atoms with Crippen molar-refractivity contribution in [2.24, 2.45) is 0 Å². The number of allylic oxidation sites excluding steroid dienone is 2. The van der Waals surface area contributed by atoms with Crippen LogP contribution in [0.1, 0.15) is 36.2 Å². The van der Waals surface area contributed by atoms with Gasteiger partial charge in [-0.25, -0.2) is 0 Å². The number of hydrogen-bond donors (Lipinski definition) is 0. The molecule has 25 heavy (non-hydrogen) atoms. The third-order valence-electron chi connectivity index (χ3n) is 3.77. The molecule has 0 fully saturated rings. The highest BCUT2D eigenvalue weighted by Crippen LogP contribution is 2.29. The summed E-state index contributed by atoms with van der Waals surface area (Å²) < 4.78 is 5.46. The summed E-state index contributed by atoms with van der Waals surface area (Å²) in [6, 6.07) is 18.2. The van der Waals surface area contributed by atoms with Gasteiger partial charge in [-0.2, -0.15) is 10.5 Å². The van der Waals surface area contributed by atoms with Crippen molar-refractivity contribution in [3.05, 3.63) is 71.0 Å². The molecule has 0 aromatic heterocycles. The lowest BCUT2D eigenvalue weighted by Crippen LogP contribution is -2.09. The second-order valence-corrected chi connectivity index (χ2v) is 5.23. The summed E-state index contributed by atoms with van der Waals surface area (Å²) in [7, 11) is 0. The van der Waals surface area contributed by atoms with Crippen LogP contribution < -0.4 is 0 Å². The van der Waals surface area contributed by atoms with Gasteiger partial charge in [0.2, 0.25) is 5.78 Å². The van der Waals surface area contributed by atoms with Crippen molar-refractivity contribution in [1.29, 1.82) is 10.5 Å². The highest BCUT2D eigenvalue weighted by atomic mass is 16.5. The van der Waals surface area contributed by atoms with Crippen LogP contribution in [0.2, 0.25) is 0 Å². The van der Waals surface area contributed by atoms with E-state index in [9.17, 15) is 15.3 Å². The van der Waals surface area contributed by atoms with E-state index in [-0.39, 0.29) is 5.57 Å². The Bertz CT molecular complexity index is 899. The van der Waals surface area contributed by atoms with Gasteiger partial charge in [0.25, 0.3) is 0 Å². The van der Waals surface area contributed by atoms with Crippen LogP contribution in [0, 0.1) is 22.7 Å². The molecule has 0 radical (unpaired) electrons. The molecule has 0 aliphatic heterocycles. The molecule has 0 saturated carbocycles. The van der Waals surface area contributed by atoms with Gasteiger partial charge in [0.15, 0.2) is 0 Å². The van der Waals surface area contributed by atoms with E-state index < -0.39 is 5.78 Å². The number of rotatable bonds is 6. The first-order valence-electron chi connectivity index (χ1n) is 8.07. The number of benzene rings is 2. The van der Waals surface area contributed by atoms with Crippen molar-refractivity contribution in [3.63, 3.8) is 0 Å². The van der Waals surface area contributed by atoms with Gasteiger partial charge in [-0.15, -0.1) is 0 Å². The molecule has 0 N–H and O–H groups in total. The Balaban J connectivity index is 2.64. The van der Waals surface area contributed by atoms with Crippen LogP contribution in [0.15, 0.2) is 59.9 Å². The molecule has 0 heterocycles. The molecule has 2 aromatic rings. The summed E-state index contributed by atoms with van der Waals surface area (Å²) >= 11 is 0. The van der Waals surface area contributed by atoms with Gasteiger partial charge in [0, 0.05) is 17.5 Å². The first kappa shape index (κ1) is 18.0. The van der Waals surface area contributed by atoms with Gasteiger partial charge >= 0.3 is 0 Å². The smallest absolute Gasteiger partial charge is 0.207 e. The molecule has 2 rings (SSSR count). The molecule has 2 aromatic carbocycles. The molecular formula is C21H18N2O2. The van der Waals surface area contributed by atoms with E-state index in [1.165, 1.54) is 0 Å². The topological polar surface area (TPSA) is 73.9 Å². The van der Waals surface area contributed by atoms with E-state index in [0.717, 1.165) is 0 Å². The Labute approximate surface area is 147 Å². The van der Waals surface area contributed by atoms with Crippen LogP contribution >= 0.6 is 0 Å². The van der Waals surface area contributed by atoms with Gasteiger partial charge < -0.3 is 4.74 Å². The molecule has 0 amide bonds. The fourth-order valence-corrected chi connectivity index (χ4v) is 2.63. The van der Waals surface area contributed by atoms with Gasteiger partial charge in [0.05, 0.1) is 18.2 Å². The highest BCUT2D eigenvalue weighted by molar-refractivity contribution is 6.15. The maximum absolute atomic E-state index is 13.0. The van der Waals surface area contributed by atoms with E-state index in [1.54, 1.807) is 42.5 Å². The predicted octanol–water partition coefficient (Wildman–Crippen LogP) is 4.63.